The molecule has 1 heterocycles. The number of carbonyl (C=O) groups excluding carboxylic acids is 2. The molecule has 0 aliphatic rings. The third-order valence-electron chi connectivity index (χ3n) is 3.05. The maximum Gasteiger partial charge on any atom is 0.305 e. The van der Waals surface area contributed by atoms with E-state index in [4.69, 9.17) is 0 Å². The molecule has 2 aromatic rings. The summed E-state index contributed by atoms with van der Waals surface area (Å²) in [4.78, 5) is 27.1. The zero-order valence-corrected chi connectivity index (χ0v) is 12.7. The van der Waals surface area contributed by atoms with Crippen LogP contribution < -0.4 is 5.32 Å². The smallest absolute Gasteiger partial charge is 0.305 e. The van der Waals surface area contributed by atoms with Crippen LogP contribution in [-0.2, 0) is 14.3 Å². The maximum absolute atomic E-state index is 11.8. The molecule has 0 bridgehead atoms. The van der Waals surface area contributed by atoms with Crippen LogP contribution in [0, 0.1) is 0 Å². The van der Waals surface area contributed by atoms with Crippen LogP contribution in [0.1, 0.15) is 32.1 Å². The van der Waals surface area contributed by atoms with Crippen molar-refractivity contribution in [1.29, 1.82) is 0 Å². The van der Waals surface area contributed by atoms with E-state index in [0.717, 1.165) is 29.5 Å². The monoisotopic (exact) mass is 306 g/mol. The number of hydrogen-bond acceptors (Lipinski definition) is 5. The highest BCUT2D eigenvalue weighted by atomic mass is 32.1. The molecule has 0 fully saturated rings. The van der Waals surface area contributed by atoms with Gasteiger partial charge in [0, 0.05) is 12.8 Å². The van der Waals surface area contributed by atoms with Crippen LogP contribution in [0.3, 0.4) is 0 Å². The molecule has 2 rings (SSSR count). The second-order valence-electron chi connectivity index (χ2n) is 4.67. The number of hydrogen-bond donors (Lipinski definition) is 1. The van der Waals surface area contributed by atoms with Crippen LogP contribution in [0.4, 0.5) is 5.13 Å². The Morgan fingerprint density at radius 1 is 1.19 bits per heavy atom. The molecule has 112 valence electrons. The standard InChI is InChI=1S/C15H18N2O3S/c1-20-14(19)10-4-2-3-9-13(18)17-15-16-11-7-5-6-8-12(11)21-15/h5-8H,2-4,9-10H2,1H3,(H,16,17,18). The first-order valence-corrected chi connectivity index (χ1v) is 7.73. The van der Waals surface area contributed by atoms with Crippen molar-refractivity contribution in [3.05, 3.63) is 24.3 Å². The van der Waals surface area contributed by atoms with E-state index in [2.05, 4.69) is 15.0 Å². The van der Waals surface area contributed by atoms with Gasteiger partial charge in [-0.25, -0.2) is 4.98 Å². The van der Waals surface area contributed by atoms with Gasteiger partial charge >= 0.3 is 5.97 Å². The third-order valence-corrected chi connectivity index (χ3v) is 4.00. The second-order valence-corrected chi connectivity index (χ2v) is 5.70. The fourth-order valence-electron chi connectivity index (χ4n) is 1.94. The molecule has 0 aliphatic carbocycles. The van der Waals surface area contributed by atoms with Gasteiger partial charge in [0.2, 0.25) is 5.91 Å². The van der Waals surface area contributed by atoms with Crippen LogP contribution >= 0.6 is 11.3 Å². The minimum absolute atomic E-state index is 0.0351. The minimum atomic E-state index is -0.200. The summed E-state index contributed by atoms with van der Waals surface area (Å²) in [6, 6.07) is 7.78. The SMILES string of the molecule is COC(=O)CCCCCC(=O)Nc1nc2ccccc2s1. The molecule has 0 saturated carbocycles. The molecule has 0 saturated heterocycles. The summed E-state index contributed by atoms with van der Waals surface area (Å²) in [6.07, 6.45) is 3.20. The Morgan fingerprint density at radius 3 is 2.71 bits per heavy atom. The van der Waals surface area contributed by atoms with E-state index in [-0.39, 0.29) is 11.9 Å². The van der Waals surface area contributed by atoms with Gasteiger partial charge in [0.1, 0.15) is 0 Å². The maximum atomic E-state index is 11.8. The van der Waals surface area contributed by atoms with Gasteiger partial charge in [0.25, 0.3) is 0 Å². The van der Waals surface area contributed by atoms with E-state index in [9.17, 15) is 9.59 Å². The molecule has 0 aliphatic heterocycles. The van der Waals surface area contributed by atoms with Crippen molar-refractivity contribution in [3.8, 4) is 0 Å². The number of fused-ring (bicyclic) bond motifs is 1. The molecule has 21 heavy (non-hydrogen) atoms. The van der Waals surface area contributed by atoms with Crippen LogP contribution in [-0.4, -0.2) is 24.0 Å². The normalized spacial score (nSPS) is 10.5. The van der Waals surface area contributed by atoms with Gasteiger partial charge in [-0.1, -0.05) is 29.9 Å². The largest absolute Gasteiger partial charge is 0.469 e. The summed E-state index contributed by atoms with van der Waals surface area (Å²) in [6.45, 7) is 0. The van der Waals surface area contributed by atoms with E-state index in [1.165, 1.54) is 18.4 Å². The minimum Gasteiger partial charge on any atom is -0.469 e. The van der Waals surface area contributed by atoms with Gasteiger partial charge < -0.3 is 10.1 Å². The molecule has 1 amide bonds. The van der Waals surface area contributed by atoms with E-state index in [1.807, 2.05) is 24.3 Å². The molecule has 0 radical (unpaired) electrons. The number of rotatable bonds is 7. The van der Waals surface area contributed by atoms with Crippen molar-refractivity contribution in [2.45, 2.75) is 32.1 Å². The quantitative estimate of drug-likeness (QED) is 0.629. The van der Waals surface area contributed by atoms with Crippen molar-refractivity contribution < 1.29 is 14.3 Å². The van der Waals surface area contributed by atoms with Crippen molar-refractivity contribution >= 4 is 38.6 Å². The van der Waals surface area contributed by atoms with Crippen molar-refractivity contribution in [3.63, 3.8) is 0 Å². The van der Waals surface area contributed by atoms with Crippen molar-refractivity contribution in [2.75, 3.05) is 12.4 Å². The number of carbonyl (C=O) groups is 2. The Hall–Kier alpha value is -1.95. The summed E-state index contributed by atoms with van der Waals surface area (Å²) in [5, 5.41) is 3.45. The Balaban J connectivity index is 1.71. The lowest BCUT2D eigenvalue weighted by molar-refractivity contribution is -0.140. The number of aromatic nitrogens is 1. The Morgan fingerprint density at radius 2 is 1.95 bits per heavy atom. The zero-order chi connectivity index (χ0) is 15.1. The lowest BCUT2D eigenvalue weighted by Gasteiger charge is -2.01. The molecule has 1 aromatic carbocycles. The summed E-state index contributed by atoms with van der Waals surface area (Å²) < 4.78 is 5.62. The number of methoxy groups -OCH3 is 1. The highest BCUT2D eigenvalue weighted by molar-refractivity contribution is 7.22. The van der Waals surface area contributed by atoms with E-state index >= 15 is 0 Å². The number of para-hydroxylation sites is 1. The number of esters is 1. The third kappa shape index (κ3) is 4.82. The fraction of sp³-hybridized carbons (Fsp3) is 0.400. The molecule has 5 nitrogen and oxygen atoms in total. The van der Waals surface area contributed by atoms with Crippen molar-refractivity contribution in [2.24, 2.45) is 0 Å². The van der Waals surface area contributed by atoms with E-state index in [0.29, 0.717) is 18.0 Å². The number of ether oxygens (including phenoxy) is 1. The molecular formula is C15H18N2O3S. The number of anilines is 1. The lowest BCUT2D eigenvalue weighted by atomic mass is 10.1. The first kappa shape index (κ1) is 15.4. The molecule has 1 N–H and O–H groups in total. The molecule has 0 unspecified atom stereocenters. The van der Waals surface area contributed by atoms with Gasteiger partial charge in [-0.3, -0.25) is 9.59 Å². The first-order valence-electron chi connectivity index (χ1n) is 6.91. The highest BCUT2D eigenvalue weighted by Crippen LogP contribution is 2.25. The van der Waals surface area contributed by atoms with Crippen molar-refractivity contribution in [1.82, 2.24) is 4.98 Å². The highest BCUT2D eigenvalue weighted by Gasteiger charge is 2.07. The Kier molecular flexibility index (Phi) is 5.68. The number of nitrogens with one attached hydrogen (secondary N) is 1. The molecule has 0 atom stereocenters. The number of benzene rings is 1. The van der Waals surface area contributed by atoms with Gasteiger partial charge in [-0.15, -0.1) is 0 Å². The second kappa shape index (κ2) is 7.73. The summed E-state index contributed by atoms with van der Waals surface area (Å²) in [5.74, 6) is -0.235. The van der Waals surface area contributed by atoms with Crippen LogP contribution in [0.15, 0.2) is 24.3 Å². The number of nitrogens with zero attached hydrogens (tertiary/aromatic N) is 1. The van der Waals surface area contributed by atoms with Crippen LogP contribution in [0.25, 0.3) is 10.2 Å². The van der Waals surface area contributed by atoms with E-state index < -0.39 is 0 Å². The van der Waals surface area contributed by atoms with Crippen LogP contribution in [0.2, 0.25) is 0 Å². The van der Waals surface area contributed by atoms with Gasteiger partial charge in [-0.05, 0) is 25.0 Å². The predicted octanol–water partition coefficient (Wildman–Crippen LogP) is 3.36. The molecule has 0 spiro atoms. The number of amides is 1. The zero-order valence-electron chi connectivity index (χ0n) is 11.9. The van der Waals surface area contributed by atoms with Gasteiger partial charge in [0.05, 0.1) is 17.3 Å². The first-order chi connectivity index (χ1) is 10.2. The lowest BCUT2D eigenvalue weighted by Crippen LogP contribution is -2.10. The molecule has 6 heteroatoms. The van der Waals surface area contributed by atoms with Crippen LogP contribution in [0.5, 0.6) is 0 Å². The number of thiazole rings is 1. The Labute approximate surface area is 127 Å². The fourth-order valence-corrected chi connectivity index (χ4v) is 2.82. The van der Waals surface area contributed by atoms with E-state index in [1.54, 1.807) is 0 Å². The predicted molar refractivity (Wildman–Crippen MR) is 83.4 cm³/mol. The molecular weight excluding hydrogens is 288 g/mol. The van der Waals surface area contributed by atoms with Gasteiger partial charge in [0.15, 0.2) is 5.13 Å². The average molecular weight is 306 g/mol. The summed E-state index contributed by atoms with van der Waals surface area (Å²) >= 11 is 1.47. The van der Waals surface area contributed by atoms with Gasteiger partial charge in [-0.2, -0.15) is 0 Å². The topological polar surface area (TPSA) is 68.3 Å². The number of unbranched alkanes of at least 4 members (excludes halogenated alkanes) is 2. The average Bonchev–Trinajstić information content (AvgIpc) is 2.88. The molecule has 1 aromatic heterocycles. The summed E-state index contributed by atoms with van der Waals surface area (Å²) in [7, 11) is 1.38. The Bertz CT molecular complexity index is 591. The summed E-state index contributed by atoms with van der Waals surface area (Å²) in [5.41, 5.74) is 0.899.